The molecule has 222 valence electrons. The van der Waals surface area contributed by atoms with Crippen molar-refractivity contribution in [2.75, 3.05) is 39.3 Å². The van der Waals surface area contributed by atoms with Crippen molar-refractivity contribution in [1.82, 2.24) is 24.8 Å². The molecule has 2 heterocycles. The van der Waals surface area contributed by atoms with Gasteiger partial charge in [0.05, 0.1) is 39.3 Å². The summed E-state index contributed by atoms with van der Waals surface area (Å²) in [5.74, 6) is 0.0393. The SMILES string of the molecule is CC[C@H](C)CN(C[C@@H](O)[C@H](Cc1ccccc1)NC(=O)OCCN1CCNC1=O)S(=O)(=O)c1ccc2ncsc2c1. The molecule has 2 aromatic carbocycles. The van der Waals surface area contributed by atoms with E-state index in [4.69, 9.17) is 4.74 Å². The summed E-state index contributed by atoms with van der Waals surface area (Å²) in [6.07, 6.45) is -0.978. The van der Waals surface area contributed by atoms with Gasteiger partial charge in [0.15, 0.2) is 0 Å². The van der Waals surface area contributed by atoms with Crippen molar-refractivity contribution < 1.29 is 27.9 Å². The molecular formula is C28H37N5O6S2. The molecule has 3 N–H and O–H groups in total. The van der Waals surface area contributed by atoms with Gasteiger partial charge in [0, 0.05) is 26.2 Å². The number of carbonyl (C=O) groups is 2. The minimum atomic E-state index is -3.97. The Balaban J connectivity index is 1.50. The van der Waals surface area contributed by atoms with Crippen LogP contribution in [0.1, 0.15) is 25.8 Å². The maximum absolute atomic E-state index is 13.8. The second-order valence-corrected chi connectivity index (χ2v) is 13.0. The molecule has 0 spiro atoms. The molecule has 3 aromatic rings. The Morgan fingerprint density at radius 3 is 2.73 bits per heavy atom. The van der Waals surface area contributed by atoms with E-state index in [0.29, 0.717) is 13.1 Å². The first kappa shape index (κ1) is 30.7. The number of aliphatic hydroxyl groups is 1. The number of nitrogens with zero attached hydrogens (tertiary/aromatic N) is 3. The molecule has 3 atom stereocenters. The molecule has 41 heavy (non-hydrogen) atoms. The Kier molecular flexibility index (Phi) is 10.5. The summed E-state index contributed by atoms with van der Waals surface area (Å²) in [6.45, 7) is 5.24. The highest BCUT2D eigenvalue weighted by atomic mass is 32.2. The van der Waals surface area contributed by atoms with Crippen LogP contribution in [0.15, 0.2) is 58.9 Å². The molecule has 3 amide bonds. The number of sulfonamides is 1. The predicted molar refractivity (Wildman–Crippen MR) is 157 cm³/mol. The van der Waals surface area contributed by atoms with Gasteiger partial charge in [0.2, 0.25) is 10.0 Å². The monoisotopic (exact) mass is 603 g/mol. The lowest BCUT2D eigenvalue weighted by molar-refractivity contribution is 0.0868. The van der Waals surface area contributed by atoms with Crippen LogP contribution in [-0.2, 0) is 21.2 Å². The second-order valence-electron chi connectivity index (χ2n) is 10.2. The zero-order chi connectivity index (χ0) is 29.4. The van der Waals surface area contributed by atoms with Crippen LogP contribution in [0.4, 0.5) is 9.59 Å². The molecule has 13 heteroatoms. The molecule has 0 unspecified atom stereocenters. The van der Waals surface area contributed by atoms with E-state index in [1.165, 1.54) is 21.7 Å². The fraction of sp³-hybridized carbons (Fsp3) is 0.464. The smallest absolute Gasteiger partial charge is 0.407 e. The van der Waals surface area contributed by atoms with Gasteiger partial charge in [0.1, 0.15) is 6.61 Å². The third-order valence-corrected chi connectivity index (χ3v) is 9.77. The molecule has 0 radical (unpaired) electrons. The number of hydrogen-bond donors (Lipinski definition) is 3. The van der Waals surface area contributed by atoms with Crippen LogP contribution >= 0.6 is 11.3 Å². The van der Waals surface area contributed by atoms with Crippen LogP contribution in [0.25, 0.3) is 10.2 Å². The van der Waals surface area contributed by atoms with E-state index < -0.39 is 28.3 Å². The van der Waals surface area contributed by atoms with Gasteiger partial charge in [-0.15, -0.1) is 11.3 Å². The summed E-state index contributed by atoms with van der Waals surface area (Å²) >= 11 is 1.36. The molecular weight excluding hydrogens is 566 g/mol. The number of nitrogens with one attached hydrogen (secondary N) is 2. The van der Waals surface area contributed by atoms with Gasteiger partial charge in [-0.1, -0.05) is 50.6 Å². The molecule has 1 fully saturated rings. The normalized spacial score (nSPS) is 16.0. The van der Waals surface area contributed by atoms with E-state index in [2.05, 4.69) is 15.6 Å². The van der Waals surface area contributed by atoms with Crippen molar-refractivity contribution in [3.05, 3.63) is 59.6 Å². The lowest BCUT2D eigenvalue weighted by atomic mass is 10.0. The Morgan fingerprint density at radius 2 is 2.02 bits per heavy atom. The van der Waals surface area contributed by atoms with Crippen LogP contribution in [-0.4, -0.2) is 91.3 Å². The zero-order valence-corrected chi connectivity index (χ0v) is 24.9. The van der Waals surface area contributed by atoms with E-state index in [1.54, 1.807) is 22.5 Å². The number of aromatic nitrogens is 1. The van der Waals surface area contributed by atoms with Crippen molar-refractivity contribution in [3.63, 3.8) is 0 Å². The van der Waals surface area contributed by atoms with Crippen molar-refractivity contribution >= 4 is 43.7 Å². The number of rotatable bonds is 14. The highest BCUT2D eigenvalue weighted by Crippen LogP contribution is 2.25. The number of thiazole rings is 1. The van der Waals surface area contributed by atoms with E-state index in [-0.39, 0.29) is 49.5 Å². The topological polar surface area (TPSA) is 141 Å². The number of urea groups is 1. The highest BCUT2D eigenvalue weighted by Gasteiger charge is 2.32. The first-order valence-electron chi connectivity index (χ1n) is 13.7. The third kappa shape index (κ3) is 8.15. The minimum absolute atomic E-state index is 0.0119. The Labute approximate surface area is 244 Å². The Bertz CT molecular complexity index is 1420. The summed E-state index contributed by atoms with van der Waals surface area (Å²) in [6, 6.07) is 13.1. The number of hydrogen-bond acceptors (Lipinski definition) is 8. The molecule has 1 aromatic heterocycles. The van der Waals surface area contributed by atoms with Crippen molar-refractivity contribution in [1.29, 1.82) is 0 Å². The number of fused-ring (bicyclic) bond motifs is 1. The van der Waals surface area contributed by atoms with E-state index >= 15 is 0 Å². The number of ether oxygens (including phenoxy) is 1. The fourth-order valence-corrected chi connectivity index (χ4v) is 6.94. The average Bonchev–Trinajstić information content (AvgIpc) is 3.60. The molecule has 11 nitrogen and oxygen atoms in total. The molecule has 0 saturated carbocycles. The first-order chi connectivity index (χ1) is 19.7. The highest BCUT2D eigenvalue weighted by molar-refractivity contribution is 7.89. The van der Waals surface area contributed by atoms with Gasteiger partial charge in [0.25, 0.3) is 0 Å². The number of amides is 3. The molecule has 1 aliphatic rings. The molecule has 0 aliphatic carbocycles. The van der Waals surface area contributed by atoms with Crippen LogP contribution in [0.3, 0.4) is 0 Å². The fourth-order valence-electron chi connectivity index (χ4n) is 4.55. The minimum Gasteiger partial charge on any atom is -0.448 e. The maximum atomic E-state index is 13.8. The standard InChI is InChI=1S/C28H37N5O6S2/c1-3-20(2)17-33(41(37,38)22-9-10-23-26(16-22)40-19-30-23)18-25(34)24(15-21-7-5-4-6-8-21)31-28(36)39-14-13-32-12-11-29-27(32)35/h4-10,16,19-20,24-25,34H,3,11-15,17-18H2,1-2H3,(H,29,35)(H,31,36)/t20-,24-,25+/m0/s1. The van der Waals surface area contributed by atoms with Crippen LogP contribution in [0.2, 0.25) is 0 Å². The zero-order valence-electron chi connectivity index (χ0n) is 23.2. The van der Waals surface area contributed by atoms with Gasteiger partial charge in [-0.2, -0.15) is 4.31 Å². The lowest BCUT2D eigenvalue weighted by Crippen LogP contribution is -2.51. The molecule has 4 rings (SSSR count). The Hall–Kier alpha value is -3.26. The van der Waals surface area contributed by atoms with Crippen molar-refractivity contribution in [2.24, 2.45) is 5.92 Å². The maximum Gasteiger partial charge on any atom is 0.407 e. The summed E-state index contributed by atoms with van der Waals surface area (Å²) in [4.78, 5) is 30.4. The summed E-state index contributed by atoms with van der Waals surface area (Å²) < 4.78 is 35.0. The summed E-state index contributed by atoms with van der Waals surface area (Å²) in [5.41, 5.74) is 3.25. The van der Waals surface area contributed by atoms with Gasteiger partial charge in [-0.3, -0.25) is 0 Å². The third-order valence-electron chi connectivity index (χ3n) is 7.15. The first-order valence-corrected chi connectivity index (χ1v) is 16.0. The van der Waals surface area contributed by atoms with Gasteiger partial charge in [-0.05, 0) is 36.1 Å². The van der Waals surface area contributed by atoms with Gasteiger partial charge < -0.3 is 25.4 Å². The van der Waals surface area contributed by atoms with Gasteiger partial charge in [-0.25, -0.2) is 23.0 Å². The number of alkyl carbamates (subject to hydrolysis) is 1. The van der Waals surface area contributed by atoms with Crippen molar-refractivity contribution in [3.8, 4) is 0 Å². The second kappa shape index (κ2) is 14.1. The van der Waals surface area contributed by atoms with E-state index in [1.807, 2.05) is 44.2 Å². The van der Waals surface area contributed by atoms with E-state index in [0.717, 1.165) is 22.2 Å². The molecule has 1 aliphatic heterocycles. The van der Waals surface area contributed by atoms with Gasteiger partial charge >= 0.3 is 12.1 Å². The quantitative estimate of drug-likeness (QED) is 0.257. The summed E-state index contributed by atoms with van der Waals surface area (Å²) in [7, 11) is -3.97. The summed E-state index contributed by atoms with van der Waals surface area (Å²) in [5, 5.41) is 16.8. The van der Waals surface area contributed by atoms with Crippen molar-refractivity contribution in [2.45, 2.75) is 43.7 Å². The van der Waals surface area contributed by atoms with Crippen LogP contribution in [0, 0.1) is 5.92 Å². The number of benzene rings is 2. The lowest BCUT2D eigenvalue weighted by Gasteiger charge is -2.31. The Morgan fingerprint density at radius 1 is 1.24 bits per heavy atom. The predicted octanol–water partition coefficient (Wildman–Crippen LogP) is 3.06. The van der Waals surface area contributed by atoms with E-state index in [9.17, 15) is 23.1 Å². The number of carbonyl (C=O) groups excluding carboxylic acids is 2. The number of aliphatic hydroxyl groups excluding tert-OH is 1. The van der Waals surface area contributed by atoms with Crippen LogP contribution < -0.4 is 10.6 Å². The molecule has 0 bridgehead atoms. The largest absolute Gasteiger partial charge is 0.448 e. The average molecular weight is 604 g/mol. The van der Waals surface area contributed by atoms with Crippen LogP contribution in [0.5, 0.6) is 0 Å². The molecule has 1 saturated heterocycles.